The van der Waals surface area contributed by atoms with E-state index in [1.807, 2.05) is 0 Å². The predicted octanol–water partition coefficient (Wildman–Crippen LogP) is 1.53. The van der Waals surface area contributed by atoms with Gasteiger partial charge in [0.15, 0.2) is 0 Å². The Balaban J connectivity index is 2.24. The molecule has 0 spiro atoms. The number of ketones is 1. The lowest BCUT2D eigenvalue weighted by Crippen LogP contribution is -2.24. The first-order valence-corrected chi connectivity index (χ1v) is 7.09. The zero-order valence-corrected chi connectivity index (χ0v) is 10.2. The lowest BCUT2D eigenvalue weighted by molar-refractivity contribution is -0.121. The van der Waals surface area contributed by atoms with Gasteiger partial charge in [-0.3, -0.25) is 9.00 Å². The van der Waals surface area contributed by atoms with Crippen LogP contribution in [0.15, 0.2) is 0 Å². The average molecular weight is 232 g/mol. The minimum Gasteiger partial charge on any atom is -0.384 e. The molecular formula is C11H20O3S. The van der Waals surface area contributed by atoms with Gasteiger partial charge in [0.25, 0.3) is 0 Å². The lowest BCUT2D eigenvalue weighted by atomic mass is 9.87. The van der Waals surface area contributed by atoms with Gasteiger partial charge in [-0.25, -0.2) is 0 Å². The molecule has 0 aliphatic heterocycles. The highest BCUT2D eigenvalue weighted by Gasteiger charge is 2.22. The topological polar surface area (TPSA) is 43.4 Å². The van der Waals surface area contributed by atoms with Crippen molar-refractivity contribution in [1.29, 1.82) is 0 Å². The fourth-order valence-corrected chi connectivity index (χ4v) is 3.00. The quantitative estimate of drug-likeness (QED) is 0.697. The highest BCUT2D eigenvalue weighted by atomic mass is 32.2. The van der Waals surface area contributed by atoms with Crippen LogP contribution in [0, 0.1) is 5.92 Å². The minimum atomic E-state index is -1.03. The van der Waals surface area contributed by atoms with Crippen LogP contribution in [-0.2, 0) is 20.3 Å². The maximum absolute atomic E-state index is 11.7. The molecule has 1 fully saturated rings. The molecule has 1 aliphatic carbocycles. The summed E-state index contributed by atoms with van der Waals surface area (Å²) in [5.74, 6) is 1.09. The second kappa shape index (κ2) is 7.12. The Hall–Kier alpha value is -0.220. The summed E-state index contributed by atoms with van der Waals surface area (Å²) >= 11 is 0. The Morgan fingerprint density at radius 2 is 2.00 bits per heavy atom. The van der Waals surface area contributed by atoms with Crippen molar-refractivity contribution in [2.24, 2.45) is 5.92 Å². The SMILES string of the molecule is COCCS(=O)CC(=O)C1CCCCC1. The van der Waals surface area contributed by atoms with Crippen LogP contribution in [0.25, 0.3) is 0 Å². The monoisotopic (exact) mass is 232 g/mol. The van der Waals surface area contributed by atoms with E-state index in [4.69, 9.17) is 4.74 Å². The van der Waals surface area contributed by atoms with Gasteiger partial charge >= 0.3 is 0 Å². The molecule has 1 aliphatic rings. The highest BCUT2D eigenvalue weighted by molar-refractivity contribution is 7.85. The van der Waals surface area contributed by atoms with Crippen molar-refractivity contribution in [2.45, 2.75) is 32.1 Å². The predicted molar refractivity (Wildman–Crippen MR) is 61.3 cm³/mol. The summed E-state index contributed by atoms with van der Waals surface area (Å²) in [5, 5.41) is 0. The maximum atomic E-state index is 11.7. The van der Waals surface area contributed by atoms with E-state index in [2.05, 4.69) is 0 Å². The molecule has 0 saturated heterocycles. The van der Waals surface area contributed by atoms with Crippen molar-refractivity contribution in [3.63, 3.8) is 0 Å². The summed E-state index contributed by atoms with van der Waals surface area (Å²) in [7, 11) is 0.557. The third-order valence-electron chi connectivity index (χ3n) is 2.88. The number of Topliss-reactive ketones (excluding diaryl/α,β-unsaturated/α-hetero) is 1. The number of methoxy groups -OCH3 is 1. The molecule has 0 heterocycles. The van der Waals surface area contributed by atoms with Crippen molar-refractivity contribution in [3.8, 4) is 0 Å². The zero-order valence-electron chi connectivity index (χ0n) is 9.37. The average Bonchev–Trinajstić information content (AvgIpc) is 2.27. The van der Waals surface area contributed by atoms with Gasteiger partial charge < -0.3 is 4.74 Å². The van der Waals surface area contributed by atoms with Gasteiger partial charge in [0.2, 0.25) is 0 Å². The molecule has 1 rings (SSSR count). The van der Waals surface area contributed by atoms with Crippen molar-refractivity contribution in [1.82, 2.24) is 0 Å². The Bertz CT molecular complexity index is 222. The van der Waals surface area contributed by atoms with Crippen LogP contribution >= 0.6 is 0 Å². The van der Waals surface area contributed by atoms with Crippen LogP contribution in [0.1, 0.15) is 32.1 Å². The molecule has 0 radical (unpaired) electrons. The first kappa shape index (κ1) is 12.8. The van der Waals surface area contributed by atoms with Gasteiger partial charge in [0, 0.05) is 29.6 Å². The Kier molecular flexibility index (Phi) is 6.10. The maximum Gasteiger partial charge on any atom is 0.148 e. The summed E-state index contributed by atoms with van der Waals surface area (Å²) in [5.41, 5.74) is 0. The molecule has 3 nitrogen and oxygen atoms in total. The molecule has 0 amide bonds. The van der Waals surface area contributed by atoms with Gasteiger partial charge in [0.05, 0.1) is 12.4 Å². The lowest BCUT2D eigenvalue weighted by Gasteiger charge is -2.19. The standard InChI is InChI=1S/C11H20O3S/c1-14-7-8-15(13)9-11(12)10-5-3-2-4-6-10/h10H,2-9H2,1H3. The van der Waals surface area contributed by atoms with E-state index < -0.39 is 10.8 Å². The molecule has 1 atom stereocenters. The molecule has 0 aromatic heterocycles. The summed E-state index contributed by atoms with van der Waals surface area (Å²) in [4.78, 5) is 11.7. The molecule has 4 heteroatoms. The summed E-state index contributed by atoms with van der Waals surface area (Å²) in [6.07, 6.45) is 5.55. The van der Waals surface area contributed by atoms with Crippen LogP contribution in [0.2, 0.25) is 0 Å². The molecular weight excluding hydrogens is 212 g/mol. The van der Waals surface area contributed by atoms with Crippen molar-refractivity contribution < 1.29 is 13.7 Å². The van der Waals surface area contributed by atoms with E-state index in [0.29, 0.717) is 12.4 Å². The third-order valence-corrected chi connectivity index (χ3v) is 4.11. The first-order chi connectivity index (χ1) is 7.24. The van der Waals surface area contributed by atoms with Crippen molar-refractivity contribution >= 4 is 16.6 Å². The normalized spacial score (nSPS) is 20.1. The second-order valence-corrected chi connectivity index (χ2v) is 5.66. The van der Waals surface area contributed by atoms with Gasteiger partial charge in [0.1, 0.15) is 5.78 Å². The van der Waals surface area contributed by atoms with Gasteiger partial charge in [-0.2, -0.15) is 0 Å². The molecule has 0 aromatic carbocycles. The molecule has 1 saturated carbocycles. The molecule has 0 N–H and O–H groups in total. The zero-order chi connectivity index (χ0) is 11.1. The Morgan fingerprint density at radius 3 is 2.60 bits per heavy atom. The molecule has 0 bridgehead atoms. The van der Waals surface area contributed by atoms with Gasteiger partial charge in [-0.05, 0) is 12.8 Å². The first-order valence-electron chi connectivity index (χ1n) is 5.60. The van der Waals surface area contributed by atoms with E-state index in [-0.39, 0.29) is 17.5 Å². The number of hydrogen-bond acceptors (Lipinski definition) is 3. The van der Waals surface area contributed by atoms with Gasteiger partial charge in [-0.15, -0.1) is 0 Å². The summed E-state index contributed by atoms with van der Waals surface area (Å²) < 4.78 is 16.3. The number of ether oxygens (including phenoxy) is 1. The van der Waals surface area contributed by atoms with Crippen LogP contribution in [0.4, 0.5) is 0 Å². The van der Waals surface area contributed by atoms with E-state index >= 15 is 0 Å². The van der Waals surface area contributed by atoms with Crippen LogP contribution in [0.3, 0.4) is 0 Å². The van der Waals surface area contributed by atoms with Crippen molar-refractivity contribution in [2.75, 3.05) is 25.2 Å². The van der Waals surface area contributed by atoms with E-state index in [0.717, 1.165) is 25.7 Å². The molecule has 1 unspecified atom stereocenters. The van der Waals surface area contributed by atoms with E-state index in [1.54, 1.807) is 7.11 Å². The molecule has 88 valence electrons. The third kappa shape index (κ3) is 4.89. The second-order valence-electron chi connectivity index (χ2n) is 4.08. The molecule has 15 heavy (non-hydrogen) atoms. The van der Waals surface area contributed by atoms with Crippen molar-refractivity contribution in [3.05, 3.63) is 0 Å². The smallest absolute Gasteiger partial charge is 0.148 e. The number of hydrogen-bond donors (Lipinski definition) is 0. The Labute approximate surface area is 94.0 Å². The van der Waals surface area contributed by atoms with Crippen LogP contribution in [-0.4, -0.2) is 35.2 Å². The van der Waals surface area contributed by atoms with Crippen LogP contribution in [0.5, 0.6) is 0 Å². The highest BCUT2D eigenvalue weighted by Crippen LogP contribution is 2.24. The largest absolute Gasteiger partial charge is 0.384 e. The van der Waals surface area contributed by atoms with E-state index in [9.17, 15) is 9.00 Å². The summed E-state index contributed by atoms with van der Waals surface area (Å²) in [6.45, 7) is 0.477. The van der Waals surface area contributed by atoms with Gasteiger partial charge in [-0.1, -0.05) is 19.3 Å². The number of rotatable bonds is 6. The number of carbonyl (C=O) groups is 1. The fourth-order valence-electron chi connectivity index (χ4n) is 1.95. The minimum absolute atomic E-state index is 0.185. The fraction of sp³-hybridized carbons (Fsp3) is 0.909. The molecule has 0 aromatic rings. The Morgan fingerprint density at radius 1 is 1.33 bits per heavy atom. The van der Waals surface area contributed by atoms with E-state index in [1.165, 1.54) is 6.42 Å². The summed E-state index contributed by atoms with van der Waals surface area (Å²) in [6, 6.07) is 0. The van der Waals surface area contributed by atoms with Crippen LogP contribution < -0.4 is 0 Å². The number of carbonyl (C=O) groups excluding carboxylic acids is 1.